The summed E-state index contributed by atoms with van der Waals surface area (Å²) in [5.74, 6) is -15.6. The summed E-state index contributed by atoms with van der Waals surface area (Å²) < 4.78 is 10.1. The molecule has 0 saturated carbocycles. The van der Waals surface area contributed by atoms with Crippen LogP contribution in [-0.4, -0.2) is 141 Å². The molecule has 260 valence electrons. The number of carbonyl (C=O) groups is 2. The van der Waals surface area contributed by atoms with E-state index in [0.29, 0.717) is 17.2 Å². The summed E-state index contributed by atoms with van der Waals surface area (Å²) in [7, 11) is 5.14. The number of aldehydes is 1. The molecular formula is C27H36B2N3O15P. The summed E-state index contributed by atoms with van der Waals surface area (Å²) >= 11 is 0. The van der Waals surface area contributed by atoms with Crippen LogP contribution in [-0.2, 0) is 29.2 Å². The molecule has 21 heteroatoms. The van der Waals surface area contributed by atoms with E-state index < -0.39 is 65.2 Å². The number of nitrogens with zero attached hydrogens (tertiary/aromatic N) is 2. The number of morpholine rings is 1. The van der Waals surface area contributed by atoms with Gasteiger partial charge >= 0.3 is 17.9 Å². The van der Waals surface area contributed by atoms with Crippen LogP contribution in [0.3, 0.4) is 0 Å². The summed E-state index contributed by atoms with van der Waals surface area (Å²) in [6.07, 6.45) is 0.489. The molecule has 2 saturated heterocycles. The third-order valence-electron chi connectivity index (χ3n) is 8.78. The Hall–Kier alpha value is -2.88. The number of ether oxygens (including phenoxy) is 2. The molecule has 4 unspecified atom stereocenters. The first-order valence-electron chi connectivity index (χ1n) is 14.0. The van der Waals surface area contributed by atoms with Crippen LogP contribution in [0.2, 0.25) is 0 Å². The molecule has 2 aliphatic heterocycles. The van der Waals surface area contributed by atoms with Crippen molar-refractivity contribution in [2.75, 3.05) is 7.05 Å². The Bertz CT molecular complexity index is 1610. The van der Waals surface area contributed by atoms with Gasteiger partial charge in [-0.25, -0.2) is 4.90 Å². The Balaban J connectivity index is 1.59. The maximum absolute atomic E-state index is 12.9. The molecule has 4 atom stereocenters. The number of piperidine rings is 1. The minimum Gasteiger partial charge on any atom is -0.489 e. The number of likely N-dealkylation sites (N-methyl/N-ethyl adjacent to an activating group) is 1. The van der Waals surface area contributed by atoms with Crippen LogP contribution in [0.25, 0.3) is 0 Å². The van der Waals surface area contributed by atoms with Crippen molar-refractivity contribution in [3.05, 3.63) is 70.9 Å². The zero-order chi connectivity index (χ0) is 36.5. The topological polar surface area (TPSA) is 294 Å². The highest BCUT2D eigenvalue weighted by Crippen LogP contribution is 2.42. The standard InChI is InChI=1S/C27H36B2N3O15P/c1-13-22(36,37)23(28,38)21(35,20(34)30-13)31(2)10-17-15(11-33)4-3-5-18(17)46-12-16-7-6-14(8-19(16)48)9-32-24(29,39)26(42,43)47-27(44,45)25(32,40)41/h3-8,11,35-45H,1,9-10,12,28-29,48H2,2H3,(H,30,34). The first-order chi connectivity index (χ1) is 21.8. The van der Waals surface area contributed by atoms with E-state index in [-0.39, 0.29) is 33.9 Å². The minimum atomic E-state index is -3.95. The maximum atomic E-state index is 12.9. The number of hydrogen-bond acceptors (Lipinski definition) is 17. The molecule has 0 bridgehead atoms. The highest BCUT2D eigenvalue weighted by molar-refractivity contribution is 7.27. The van der Waals surface area contributed by atoms with Gasteiger partial charge in [-0.15, -0.1) is 9.24 Å². The van der Waals surface area contributed by atoms with E-state index in [2.05, 4.69) is 20.6 Å². The smallest absolute Gasteiger partial charge is 0.356 e. The van der Waals surface area contributed by atoms with E-state index in [0.717, 1.165) is 20.6 Å². The van der Waals surface area contributed by atoms with Gasteiger partial charge in [-0.3, -0.25) is 19.2 Å². The third-order valence-corrected chi connectivity index (χ3v) is 9.32. The molecule has 2 fully saturated rings. The van der Waals surface area contributed by atoms with Crippen molar-refractivity contribution in [1.82, 2.24) is 15.1 Å². The SMILES string of the molecule is BC1(O)N(Cc2ccc(COc3cccc(C=O)c3CN(C)C3(O)C(=O)NC(=C)C(O)(O)C3(B)O)c(P)c2)C(O)(O)C(O)(O)OC1(O)O. The Morgan fingerprint density at radius 1 is 1.02 bits per heavy atom. The van der Waals surface area contributed by atoms with E-state index >= 15 is 0 Å². The Morgan fingerprint density at radius 2 is 1.65 bits per heavy atom. The maximum Gasteiger partial charge on any atom is 0.356 e. The lowest BCUT2D eigenvalue weighted by Gasteiger charge is -2.57. The third kappa shape index (κ3) is 5.77. The summed E-state index contributed by atoms with van der Waals surface area (Å²) in [5, 5.41) is 117. The fourth-order valence-electron chi connectivity index (χ4n) is 5.46. The Morgan fingerprint density at radius 3 is 2.23 bits per heavy atom. The first kappa shape index (κ1) is 37.9. The molecule has 0 radical (unpaired) electrons. The summed E-state index contributed by atoms with van der Waals surface area (Å²) in [6, 6.07) is 8.79. The van der Waals surface area contributed by atoms with E-state index in [1.807, 2.05) is 5.32 Å². The van der Waals surface area contributed by atoms with Gasteiger partial charge in [-0.1, -0.05) is 36.9 Å². The quantitative estimate of drug-likeness (QED) is 0.0502. The van der Waals surface area contributed by atoms with Gasteiger partial charge in [0.15, 0.2) is 27.6 Å². The summed E-state index contributed by atoms with van der Waals surface area (Å²) in [4.78, 5) is 25.9. The predicted octanol–water partition coefficient (Wildman–Crippen LogP) is -7.63. The second-order valence-corrected chi connectivity index (χ2v) is 12.7. The van der Waals surface area contributed by atoms with Gasteiger partial charge in [0.25, 0.3) is 5.91 Å². The zero-order valence-electron chi connectivity index (χ0n) is 25.9. The number of carbonyl (C=O) groups excluding carboxylic acids is 2. The number of amides is 1. The zero-order valence-corrected chi connectivity index (χ0v) is 27.0. The number of rotatable bonds is 9. The fraction of sp³-hybridized carbons (Fsp3) is 0.407. The van der Waals surface area contributed by atoms with Crippen molar-refractivity contribution in [3.8, 4) is 5.75 Å². The van der Waals surface area contributed by atoms with Gasteiger partial charge in [0, 0.05) is 24.2 Å². The van der Waals surface area contributed by atoms with E-state index in [4.69, 9.17) is 4.74 Å². The Kier molecular flexibility index (Phi) is 9.61. The van der Waals surface area contributed by atoms with Crippen LogP contribution in [0.15, 0.2) is 48.7 Å². The monoisotopic (exact) mass is 695 g/mol. The number of aliphatic hydroxyl groups is 11. The fourth-order valence-corrected chi connectivity index (χ4v) is 5.85. The summed E-state index contributed by atoms with van der Waals surface area (Å²) in [5.41, 5.74) is -8.58. The second kappa shape index (κ2) is 12.2. The number of benzene rings is 2. The predicted molar refractivity (Wildman–Crippen MR) is 168 cm³/mol. The highest BCUT2D eigenvalue weighted by Gasteiger charge is 2.72. The average Bonchev–Trinajstić information content (AvgIpc) is 2.96. The van der Waals surface area contributed by atoms with E-state index in [1.54, 1.807) is 0 Å². The molecule has 0 aliphatic carbocycles. The molecule has 0 spiro atoms. The van der Waals surface area contributed by atoms with Gasteiger partial charge in [0.2, 0.25) is 11.5 Å². The minimum absolute atomic E-state index is 0.0747. The molecule has 2 aromatic carbocycles. The molecule has 2 heterocycles. The molecule has 2 aromatic rings. The molecule has 12 N–H and O–H groups in total. The molecule has 4 rings (SSSR count). The lowest BCUT2D eigenvalue weighted by Crippen LogP contribution is -2.84. The van der Waals surface area contributed by atoms with Crippen molar-refractivity contribution in [2.45, 2.75) is 60.2 Å². The van der Waals surface area contributed by atoms with Crippen LogP contribution < -0.4 is 15.4 Å². The molecule has 0 aromatic heterocycles. The molecule has 2 aliphatic rings. The summed E-state index contributed by atoms with van der Waals surface area (Å²) in [6.45, 7) is 2.03. The van der Waals surface area contributed by atoms with Crippen molar-refractivity contribution < 1.29 is 75.2 Å². The second-order valence-electron chi connectivity index (χ2n) is 12.0. The van der Waals surface area contributed by atoms with Crippen molar-refractivity contribution in [2.24, 2.45) is 0 Å². The lowest BCUT2D eigenvalue weighted by molar-refractivity contribution is -0.621. The molecular weight excluding hydrogens is 659 g/mol. The van der Waals surface area contributed by atoms with E-state index in [1.165, 1.54) is 43.4 Å². The van der Waals surface area contributed by atoms with Crippen molar-refractivity contribution >= 4 is 42.4 Å². The van der Waals surface area contributed by atoms with Gasteiger partial charge < -0.3 is 66.2 Å². The van der Waals surface area contributed by atoms with Gasteiger partial charge in [-0.05, 0) is 29.5 Å². The van der Waals surface area contributed by atoms with Crippen LogP contribution in [0, 0.1) is 0 Å². The molecule has 1 amide bonds. The highest BCUT2D eigenvalue weighted by atomic mass is 31.0. The van der Waals surface area contributed by atoms with Crippen LogP contribution in [0.5, 0.6) is 5.75 Å². The molecule has 48 heavy (non-hydrogen) atoms. The van der Waals surface area contributed by atoms with Gasteiger partial charge in [-0.2, -0.15) is 0 Å². The van der Waals surface area contributed by atoms with Gasteiger partial charge in [0.1, 0.15) is 17.9 Å². The van der Waals surface area contributed by atoms with Crippen LogP contribution >= 0.6 is 9.24 Å². The largest absolute Gasteiger partial charge is 0.489 e. The average molecular weight is 695 g/mol. The van der Waals surface area contributed by atoms with Crippen molar-refractivity contribution in [1.29, 1.82) is 0 Å². The number of hydrogen-bond donors (Lipinski definition) is 12. The lowest BCUT2D eigenvalue weighted by atomic mass is 9.63. The molecule has 18 nitrogen and oxygen atoms in total. The van der Waals surface area contributed by atoms with Crippen LogP contribution in [0.1, 0.15) is 27.0 Å². The number of nitrogens with one attached hydrogen (secondary N) is 1. The van der Waals surface area contributed by atoms with Crippen molar-refractivity contribution in [3.63, 3.8) is 0 Å². The first-order valence-corrected chi connectivity index (χ1v) is 14.6. The normalized spacial score (nSPS) is 29.4. The van der Waals surface area contributed by atoms with Crippen LogP contribution in [0.4, 0.5) is 0 Å². The van der Waals surface area contributed by atoms with Gasteiger partial charge in [0.05, 0.1) is 5.70 Å². The van der Waals surface area contributed by atoms with E-state index in [9.17, 15) is 65.8 Å². The Labute approximate surface area is 276 Å².